The van der Waals surface area contributed by atoms with Crippen molar-refractivity contribution >= 4 is 26.9 Å². The van der Waals surface area contributed by atoms with Crippen LogP contribution in [0.15, 0.2) is 57.8 Å². The molecule has 1 saturated heterocycles. The number of hydrogen-bond acceptors (Lipinski definition) is 4. The Morgan fingerprint density at radius 2 is 1.78 bits per heavy atom. The smallest absolute Gasteiger partial charge is 0.243 e. The van der Waals surface area contributed by atoms with Crippen molar-refractivity contribution in [1.82, 2.24) is 9.21 Å². The summed E-state index contributed by atoms with van der Waals surface area (Å²) in [4.78, 5) is 15.2. The van der Waals surface area contributed by atoms with Gasteiger partial charge in [-0.2, -0.15) is 4.31 Å². The Hall–Kier alpha value is -2.64. The Kier molecular flexibility index (Phi) is 6.14. The molecule has 0 aliphatic carbocycles. The summed E-state index contributed by atoms with van der Waals surface area (Å²) >= 11 is 0. The molecule has 1 amide bonds. The molecule has 1 aromatic heterocycles. The van der Waals surface area contributed by atoms with Gasteiger partial charge in [-0.25, -0.2) is 8.42 Å². The van der Waals surface area contributed by atoms with Crippen LogP contribution in [0.3, 0.4) is 0 Å². The molecule has 6 nitrogen and oxygen atoms in total. The summed E-state index contributed by atoms with van der Waals surface area (Å²) < 4.78 is 33.7. The molecule has 4 rings (SSSR count). The van der Waals surface area contributed by atoms with E-state index in [9.17, 15) is 13.2 Å². The lowest BCUT2D eigenvalue weighted by atomic mass is 9.96. The average molecular weight is 455 g/mol. The molecule has 0 radical (unpaired) electrons. The first-order valence-electron chi connectivity index (χ1n) is 11.0. The number of amides is 1. The monoisotopic (exact) mass is 454 g/mol. The third-order valence-corrected chi connectivity index (χ3v) is 8.60. The zero-order valence-corrected chi connectivity index (χ0v) is 19.9. The maximum atomic E-state index is 13.2. The summed E-state index contributed by atoms with van der Waals surface area (Å²) in [6.45, 7) is 6.42. The fourth-order valence-electron chi connectivity index (χ4n) is 4.45. The van der Waals surface area contributed by atoms with Gasteiger partial charge in [0.05, 0.1) is 10.9 Å². The number of fused-ring (bicyclic) bond motifs is 1. The van der Waals surface area contributed by atoms with Gasteiger partial charge in [0.15, 0.2) is 0 Å². The molecule has 1 aliphatic heterocycles. The summed E-state index contributed by atoms with van der Waals surface area (Å²) in [5, 5.41) is 1.01. The molecule has 170 valence electrons. The molecule has 7 heteroatoms. The number of carbonyl (C=O) groups excluding carboxylic acids is 1. The molecule has 0 bridgehead atoms. The van der Waals surface area contributed by atoms with E-state index in [1.165, 1.54) is 4.31 Å². The van der Waals surface area contributed by atoms with Gasteiger partial charge in [-0.3, -0.25) is 4.79 Å². The second-order valence-corrected chi connectivity index (χ2v) is 10.7. The van der Waals surface area contributed by atoms with Gasteiger partial charge in [-0.05, 0) is 57.4 Å². The van der Waals surface area contributed by atoms with E-state index in [1.54, 1.807) is 18.0 Å². The summed E-state index contributed by atoms with van der Waals surface area (Å²) in [5.41, 5.74) is 2.59. The standard InChI is InChI=1S/C25H30N2O4S/c1-17-9-10-24(18(2)15-17)32(29,30)27-13-11-20(12-14-27)25(28)26(4)19(3)23-16-21-7-5-6-8-22(21)31-23/h5-10,15-16,19-20H,11-14H2,1-4H3. The van der Waals surface area contributed by atoms with Crippen LogP contribution in [0.5, 0.6) is 0 Å². The highest BCUT2D eigenvalue weighted by atomic mass is 32.2. The second-order valence-electron chi connectivity index (χ2n) is 8.76. The third kappa shape index (κ3) is 4.19. The van der Waals surface area contributed by atoms with Crippen LogP contribution in [0.4, 0.5) is 0 Å². The van der Waals surface area contributed by atoms with Crippen LogP contribution in [0.2, 0.25) is 0 Å². The predicted octanol–water partition coefficient (Wildman–Crippen LogP) is 4.67. The first-order valence-corrected chi connectivity index (χ1v) is 12.4. The number of aryl methyl sites for hydroxylation is 2. The van der Waals surface area contributed by atoms with Gasteiger partial charge < -0.3 is 9.32 Å². The van der Waals surface area contributed by atoms with Crippen molar-refractivity contribution in [2.24, 2.45) is 5.92 Å². The molecule has 0 saturated carbocycles. The molecule has 2 aromatic carbocycles. The van der Waals surface area contributed by atoms with Gasteiger partial charge in [0.25, 0.3) is 0 Å². The molecule has 0 spiro atoms. The molecule has 1 aliphatic rings. The van der Waals surface area contributed by atoms with Crippen LogP contribution in [-0.4, -0.2) is 43.7 Å². The SMILES string of the molecule is Cc1ccc(S(=O)(=O)N2CCC(C(=O)N(C)C(C)c3cc4ccccc4o3)CC2)c(C)c1. The quantitative estimate of drug-likeness (QED) is 0.562. The highest BCUT2D eigenvalue weighted by Gasteiger charge is 2.35. The van der Waals surface area contributed by atoms with Crippen molar-refractivity contribution in [2.45, 2.75) is 44.6 Å². The van der Waals surface area contributed by atoms with Crippen molar-refractivity contribution in [3.8, 4) is 0 Å². The number of sulfonamides is 1. The normalized spacial score (nSPS) is 16.9. The fraction of sp³-hybridized carbons (Fsp3) is 0.400. The first kappa shape index (κ1) is 22.6. The fourth-order valence-corrected chi connectivity index (χ4v) is 6.12. The van der Waals surface area contributed by atoms with Crippen LogP contribution < -0.4 is 0 Å². The summed E-state index contributed by atoms with van der Waals surface area (Å²) in [6.07, 6.45) is 1.03. The highest BCUT2D eigenvalue weighted by molar-refractivity contribution is 7.89. The summed E-state index contributed by atoms with van der Waals surface area (Å²) in [6, 6.07) is 15.0. The maximum absolute atomic E-state index is 13.2. The highest BCUT2D eigenvalue weighted by Crippen LogP contribution is 2.31. The lowest BCUT2D eigenvalue weighted by molar-refractivity contribution is -0.137. The number of rotatable bonds is 5. The van der Waals surface area contributed by atoms with Crippen LogP contribution in [-0.2, 0) is 14.8 Å². The zero-order valence-electron chi connectivity index (χ0n) is 19.0. The van der Waals surface area contributed by atoms with Crippen molar-refractivity contribution in [3.63, 3.8) is 0 Å². The lowest BCUT2D eigenvalue weighted by Gasteiger charge is -2.34. The molecular weight excluding hydrogens is 424 g/mol. The number of para-hydroxylation sites is 1. The van der Waals surface area contributed by atoms with Crippen LogP contribution in [0, 0.1) is 19.8 Å². The molecule has 1 fully saturated rings. The number of piperidine rings is 1. The minimum Gasteiger partial charge on any atom is -0.459 e. The molecule has 0 N–H and O–H groups in total. The second kappa shape index (κ2) is 8.71. The van der Waals surface area contributed by atoms with Crippen molar-refractivity contribution in [1.29, 1.82) is 0 Å². The van der Waals surface area contributed by atoms with E-state index in [0.29, 0.717) is 30.8 Å². The Bertz CT molecular complexity index is 1210. The number of carbonyl (C=O) groups is 1. The third-order valence-electron chi connectivity index (χ3n) is 6.54. The Balaban J connectivity index is 1.42. The lowest BCUT2D eigenvalue weighted by Crippen LogP contribution is -2.44. The zero-order chi connectivity index (χ0) is 23.0. The van der Waals surface area contributed by atoms with E-state index in [0.717, 1.165) is 27.9 Å². The Morgan fingerprint density at radius 1 is 1.09 bits per heavy atom. The van der Waals surface area contributed by atoms with E-state index in [2.05, 4.69) is 0 Å². The number of furan rings is 1. The summed E-state index contributed by atoms with van der Waals surface area (Å²) in [7, 11) is -1.77. The number of hydrogen-bond donors (Lipinski definition) is 0. The molecule has 32 heavy (non-hydrogen) atoms. The van der Waals surface area contributed by atoms with Crippen LogP contribution >= 0.6 is 0 Å². The Morgan fingerprint density at radius 3 is 2.44 bits per heavy atom. The van der Waals surface area contributed by atoms with Crippen molar-refractivity contribution in [3.05, 3.63) is 65.4 Å². The van der Waals surface area contributed by atoms with Crippen molar-refractivity contribution in [2.75, 3.05) is 20.1 Å². The van der Waals surface area contributed by atoms with Gasteiger partial charge in [0.1, 0.15) is 11.3 Å². The molecule has 1 atom stereocenters. The number of benzene rings is 2. The van der Waals surface area contributed by atoms with Gasteiger partial charge >= 0.3 is 0 Å². The van der Waals surface area contributed by atoms with Gasteiger partial charge in [-0.1, -0.05) is 35.9 Å². The molecule has 2 heterocycles. The molecule has 3 aromatic rings. The van der Waals surface area contributed by atoms with E-state index in [4.69, 9.17) is 4.42 Å². The molecular formula is C25H30N2O4S. The van der Waals surface area contributed by atoms with E-state index >= 15 is 0 Å². The van der Waals surface area contributed by atoms with Gasteiger partial charge in [0, 0.05) is 31.4 Å². The Labute approximate surface area is 189 Å². The van der Waals surface area contributed by atoms with Crippen molar-refractivity contribution < 1.29 is 17.6 Å². The topological polar surface area (TPSA) is 70.8 Å². The molecule has 1 unspecified atom stereocenters. The van der Waals surface area contributed by atoms with Crippen LogP contribution in [0.25, 0.3) is 11.0 Å². The first-order chi connectivity index (χ1) is 15.2. The van der Waals surface area contributed by atoms with E-state index in [1.807, 2.05) is 63.2 Å². The minimum atomic E-state index is -3.56. The summed E-state index contributed by atoms with van der Waals surface area (Å²) in [5.74, 6) is 0.579. The average Bonchev–Trinajstić information content (AvgIpc) is 3.21. The van der Waals surface area contributed by atoms with Crippen LogP contribution in [0.1, 0.15) is 42.7 Å². The van der Waals surface area contributed by atoms with Gasteiger partial charge in [-0.15, -0.1) is 0 Å². The van der Waals surface area contributed by atoms with E-state index in [-0.39, 0.29) is 17.9 Å². The maximum Gasteiger partial charge on any atom is 0.243 e. The largest absolute Gasteiger partial charge is 0.459 e. The number of nitrogens with zero attached hydrogens (tertiary/aromatic N) is 2. The minimum absolute atomic E-state index is 0.0292. The van der Waals surface area contributed by atoms with Gasteiger partial charge in [0.2, 0.25) is 15.9 Å². The van der Waals surface area contributed by atoms with E-state index < -0.39 is 10.0 Å². The predicted molar refractivity (Wildman–Crippen MR) is 125 cm³/mol.